The van der Waals surface area contributed by atoms with Crippen molar-refractivity contribution in [3.05, 3.63) is 47.9 Å². The van der Waals surface area contributed by atoms with Gasteiger partial charge in [-0.3, -0.25) is 14.5 Å². The number of carbonyl (C=O) groups excluding carboxylic acids is 2. The van der Waals surface area contributed by atoms with E-state index in [9.17, 15) is 9.59 Å². The SMILES string of the molecule is C=C(NCC(C1CCCC1)N1C(=O)c2ccccc2C1=O)OC(C)(C)C. The first-order valence-electron chi connectivity index (χ1n) is 9.36. The highest BCUT2D eigenvalue weighted by molar-refractivity contribution is 6.21. The largest absolute Gasteiger partial charge is 0.474 e. The minimum atomic E-state index is -0.345. The zero-order chi connectivity index (χ0) is 18.9. The number of rotatable bonds is 6. The second-order valence-electron chi connectivity index (χ2n) is 8.16. The van der Waals surface area contributed by atoms with Gasteiger partial charge in [0.2, 0.25) is 0 Å². The first-order valence-corrected chi connectivity index (χ1v) is 9.36. The number of amides is 2. The summed E-state index contributed by atoms with van der Waals surface area (Å²) >= 11 is 0. The number of nitrogens with one attached hydrogen (secondary N) is 1. The number of benzene rings is 1. The average molecular weight is 356 g/mol. The number of hydrogen-bond acceptors (Lipinski definition) is 4. The van der Waals surface area contributed by atoms with Crippen molar-refractivity contribution in [3.63, 3.8) is 0 Å². The van der Waals surface area contributed by atoms with Gasteiger partial charge in [-0.25, -0.2) is 0 Å². The summed E-state index contributed by atoms with van der Waals surface area (Å²) < 4.78 is 5.73. The normalized spacial score (nSPS) is 18.8. The predicted octanol–water partition coefficient (Wildman–Crippen LogP) is 3.72. The number of carbonyl (C=O) groups is 2. The maximum absolute atomic E-state index is 12.9. The highest BCUT2D eigenvalue weighted by atomic mass is 16.5. The number of hydrogen-bond donors (Lipinski definition) is 1. The van der Waals surface area contributed by atoms with E-state index >= 15 is 0 Å². The van der Waals surface area contributed by atoms with Crippen LogP contribution in [-0.4, -0.2) is 34.9 Å². The Bertz CT molecular complexity index is 679. The fourth-order valence-electron chi connectivity index (χ4n) is 3.94. The Morgan fingerprint density at radius 3 is 2.23 bits per heavy atom. The quantitative estimate of drug-likeness (QED) is 0.623. The van der Waals surface area contributed by atoms with Gasteiger partial charge in [-0.05, 0) is 58.2 Å². The molecule has 0 aromatic heterocycles. The van der Waals surface area contributed by atoms with Crippen LogP contribution in [0.3, 0.4) is 0 Å². The van der Waals surface area contributed by atoms with E-state index in [0.717, 1.165) is 25.7 Å². The highest BCUT2D eigenvalue weighted by Gasteiger charge is 2.43. The fraction of sp³-hybridized carbons (Fsp3) is 0.524. The van der Waals surface area contributed by atoms with Crippen LogP contribution in [0.1, 0.15) is 67.2 Å². The molecule has 1 unspecified atom stereocenters. The van der Waals surface area contributed by atoms with E-state index in [0.29, 0.717) is 29.5 Å². The van der Waals surface area contributed by atoms with Crippen LogP contribution in [0.5, 0.6) is 0 Å². The van der Waals surface area contributed by atoms with Crippen LogP contribution < -0.4 is 5.32 Å². The van der Waals surface area contributed by atoms with Crippen LogP contribution in [0.25, 0.3) is 0 Å². The monoisotopic (exact) mass is 356 g/mol. The van der Waals surface area contributed by atoms with Crippen LogP contribution in [-0.2, 0) is 4.74 Å². The van der Waals surface area contributed by atoms with Crippen molar-refractivity contribution < 1.29 is 14.3 Å². The lowest BCUT2D eigenvalue weighted by Crippen LogP contribution is -2.49. The molecule has 3 rings (SSSR count). The molecule has 26 heavy (non-hydrogen) atoms. The van der Waals surface area contributed by atoms with Crippen LogP contribution in [0, 0.1) is 5.92 Å². The first kappa shape index (κ1) is 18.5. The summed E-state index contributed by atoms with van der Waals surface area (Å²) in [5, 5.41) is 3.20. The highest BCUT2D eigenvalue weighted by Crippen LogP contribution is 2.34. The molecule has 0 saturated heterocycles. The molecule has 140 valence electrons. The van der Waals surface area contributed by atoms with Crippen molar-refractivity contribution in [1.82, 2.24) is 10.2 Å². The lowest BCUT2D eigenvalue weighted by atomic mass is 9.96. The molecule has 1 aromatic carbocycles. The van der Waals surface area contributed by atoms with Gasteiger partial charge in [-0.15, -0.1) is 0 Å². The third-order valence-corrected chi connectivity index (χ3v) is 5.04. The molecule has 5 heteroatoms. The molecule has 0 spiro atoms. The summed E-state index contributed by atoms with van der Waals surface area (Å²) in [5.41, 5.74) is 0.665. The van der Waals surface area contributed by atoms with E-state index in [1.54, 1.807) is 24.3 Å². The molecule has 1 aliphatic carbocycles. The standard InChI is InChI=1S/C21H28N2O3/c1-14(26-21(2,3)4)22-13-18(15-9-5-6-10-15)23-19(24)16-11-7-8-12-17(16)20(23)25/h7-8,11-12,15,18,22H,1,5-6,9-10,13H2,2-4H3. The maximum Gasteiger partial charge on any atom is 0.261 e. The van der Waals surface area contributed by atoms with E-state index in [2.05, 4.69) is 11.9 Å². The molecule has 1 aromatic rings. The minimum Gasteiger partial charge on any atom is -0.474 e. The van der Waals surface area contributed by atoms with Gasteiger partial charge in [0, 0.05) is 6.54 Å². The van der Waals surface area contributed by atoms with Crippen molar-refractivity contribution in [3.8, 4) is 0 Å². The third kappa shape index (κ3) is 3.76. The molecule has 0 radical (unpaired) electrons. The fourth-order valence-corrected chi connectivity index (χ4v) is 3.94. The molecule has 1 fully saturated rings. The van der Waals surface area contributed by atoms with Gasteiger partial charge in [-0.2, -0.15) is 0 Å². The molecule has 2 aliphatic rings. The van der Waals surface area contributed by atoms with Crippen LogP contribution in [0.2, 0.25) is 0 Å². The van der Waals surface area contributed by atoms with Crippen molar-refractivity contribution in [1.29, 1.82) is 0 Å². The molecule has 1 aliphatic heterocycles. The van der Waals surface area contributed by atoms with Crippen LogP contribution >= 0.6 is 0 Å². The lowest BCUT2D eigenvalue weighted by Gasteiger charge is -2.32. The summed E-state index contributed by atoms with van der Waals surface area (Å²) in [5.74, 6) is 0.405. The lowest BCUT2D eigenvalue weighted by molar-refractivity contribution is 0.0346. The molecule has 0 bridgehead atoms. The summed E-state index contributed by atoms with van der Waals surface area (Å²) in [4.78, 5) is 27.3. The van der Waals surface area contributed by atoms with Crippen molar-refractivity contribution in [2.75, 3.05) is 6.54 Å². The molecule has 1 atom stereocenters. The molecule has 1 saturated carbocycles. The van der Waals surface area contributed by atoms with Gasteiger partial charge in [0.1, 0.15) is 5.60 Å². The Morgan fingerprint density at radius 1 is 1.19 bits per heavy atom. The van der Waals surface area contributed by atoms with E-state index in [1.807, 2.05) is 20.8 Å². The van der Waals surface area contributed by atoms with Crippen LogP contribution in [0.15, 0.2) is 36.7 Å². The molecule has 1 heterocycles. The zero-order valence-corrected chi connectivity index (χ0v) is 15.9. The number of imide groups is 1. The summed E-state index contributed by atoms with van der Waals surface area (Å²) in [7, 11) is 0. The van der Waals surface area contributed by atoms with E-state index in [-0.39, 0.29) is 23.5 Å². The van der Waals surface area contributed by atoms with Crippen molar-refractivity contribution in [2.45, 2.75) is 58.1 Å². The summed E-state index contributed by atoms with van der Waals surface area (Å²) in [6.45, 7) is 10.3. The van der Waals surface area contributed by atoms with Gasteiger partial charge >= 0.3 is 0 Å². The molecule has 2 amide bonds. The third-order valence-electron chi connectivity index (χ3n) is 5.04. The Morgan fingerprint density at radius 2 is 1.73 bits per heavy atom. The van der Waals surface area contributed by atoms with Gasteiger partial charge in [0.15, 0.2) is 5.88 Å². The average Bonchev–Trinajstić information content (AvgIpc) is 3.17. The van der Waals surface area contributed by atoms with E-state index in [4.69, 9.17) is 4.74 Å². The van der Waals surface area contributed by atoms with Crippen LogP contribution in [0.4, 0.5) is 0 Å². The number of ether oxygens (including phenoxy) is 1. The van der Waals surface area contributed by atoms with E-state index in [1.165, 1.54) is 4.90 Å². The first-order chi connectivity index (χ1) is 12.3. The van der Waals surface area contributed by atoms with Gasteiger partial charge in [-0.1, -0.05) is 25.0 Å². The predicted molar refractivity (Wildman–Crippen MR) is 101 cm³/mol. The Balaban J connectivity index is 1.78. The second-order valence-corrected chi connectivity index (χ2v) is 8.16. The van der Waals surface area contributed by atoms with Crippen molar-refractivity contribution in [2.24, 2.45) is 5.92 Å². The molecular weight excluding hydrogens is 328 g/mol. The Labute approximate surface area is 155 Å². The van der Waals surface area contributed by atoms with Gasteiger partial charge in [0.25, 0.3) is 11.8 Å². The molecule has 1 N–H and O–H groups in total. The maximum atomic E-state index is 12.9. The minimum absolute atomic E-state index is 0.188. The zero-order valence-electron chi connectivity index (χ0n) is 15.9. The summed E-state index contributed by atoms with van der Waals surface area (Å²) in [6.07, 6.45) is 4.35. The molecule has 5 nitrogen and oxygen atoms in total. The summed E-state index contributed by atoms with van der Waals surface area (Å²) in [6, 6.07) is 6.88. The van der Waals surface area contributed by atoms with Gasteiger partial charge in [0.05, 0.1) is 17.2 Å². The number of fused-ring (bicyclic) bond motifs is 1. The second kappa shape index (κ2) is 7.14. The number of nitrogens with zero attached hydrogens (tertiary/aromatic N) is 1. The smallest absolute Gasteiger partial charge is 0.261 e. The molecular formula is C21H28N2O3. The Hall–Kier alpha value is -2.30. The van der Waals surface area contributed by atoms with Gasteiger partial charge < -0.3 is 10.1 Å². The van der Waals surface area contributed by atoms with Crippen molar-refractivity contribution >= 4 is 11.8 Å². The van der Waals surface area contributed by atoms with E-state index < -0.39 is 0 Å². The Kier molecular flexibility index (Phi) is 5.08. The topological polar surface area (TPSA) is 58.6 Å².